The second-order valence-corrected chi connectivity index (χ2v) is 5.73. The largest absolute Gasteiger partial charge is 0.389 e. The fraction of sp³-hybridized carbons (Fsp3) is 0.625. The number of benzene rings is 1. The molecule has 1 saturated heterocycles. The van der Waals surface area contributed by atoms with Crippen molar-refractivity contribution < 1.29 is 9.50 Å². The van der Waals surface area contributed by atoms with Crippen LogP contribution in [0.1, 0.15) is 56.8 Å². The van der Waals surface area contributed by atoms with Gasteiger partial charge < -0.3 is 10.0 Å². The maximum absolute atomic E-state index is 13.7. The van der Waals surface area contributed by atoms with Crippen molar-refractivity contribution in [3.8, 4) is 0 Å². The van der Waals surface area contributed by atoms with Crippen molar-refractivity contribution in [3.05, 3.63) is 29.1 Å². The van der Waals surface area contributed by atoms with E-state index in [1.807, 2.05) is 6.07 Å². The molecule has 106 valence electrons. The first-order valence-corrected chi connectivity index (χ1v) is 7.25. The summed E-state index contributed by atoms with van der Waals surface area (Å²) >= 11 is 0. The lowest BCUT2D eigenvalue weighted by molar-refractivity contribution is 0.199. The normalized spacial score (nSPS) is 22.2. The van der Waals surface area contributed by atoms with Gasteiger partial charge in [-0.1, -0.05) is 12.8 Å². The minimum Gasteiger partial charge on any atom is -0.389 e. The van der Waals surface area contributed by atoms with E-state index in [1.54, 1.807) is 13.8 Å². The number of aryl methyl sites for hydroxylation is 1. The summed E-state index contributed by atoms with van der Waals surface area (Å²) < 4.78 is 13.7. The number of nitrogens with zero attached hydrogens (tertiary/aromatic N) is 1. The van der Waals surface area contributed by atoms with E-state index in [1.165, 1.54) is 25.3 Å². The molecule has 1 fully saturated rings. The van der Waals surface area contributed by atoms with Crippen LogP contribution in [0.5, 0.6) is 0 Å². The van der Waals surface area contributed by atoms with Gasteiger partial charge in [0.05, 0.1) is 6.10 Å². The molecule has 1 aromatic rings. The van der Waals surface area contributed by atoms with Gasteiger partial charge in [-0.3, -0.25) is 0 Å². The van der Waals surface area contributed by atoms with E-state index < -0.39 is 6.10 Å². The highest BCUT2D eigenvalue weighted by molar-refractivity contribution is 5.57. The molecule has 3 heteroatoms. The van der Waals surface area contributed by atoms with Gasteiger partial charge >= 0.3 is 0 Å². The highest BCUT2D eigenvalue weighted by atomic mass is 19.1. The summed E-state index contributed by atoms with van der Waals surface area (Å²) in [4.78, 5) is 2.33. The smallest absolute Gasteiger partial charge is 0.126 e. The molecule has 0 radical (unpaired) electrons. The van der Waals surface area contributed by atoms with Crippen LogP contribution in [0.4, 0.5) is 10.1 Å². The van der Waals surface area contributed by atoms with Gasteiger partial charge in [0, 0.05) is 23.8 Å². The standard InChI is InChI=1S/C16H24FNO/c1-11-9-16(14(13(3)19)10-15(11)17)18-8-6-4-5-7-12(18)2/h9-10,12-13,19H,4-8H2,1-3H3/t12?,13-/m0/s1. The van der Waals surface area contributed by atoms with E-state index in [-0.39, 0.29) is 5.82 Å². The van der Waals surface area contributed by atoms with Crippen LogP contribution >= 0.6 is 0 Å². The van der Waals surface area contributed by atoms with E-state index >= 15 is 0 Å². The number of hydrogen-bond donors (Lipinski definition) is 1. The fourth-order valence-electron chi connectivity index (χ4n) is 2.90. The second kappa shape index (κ2) is 5.91. The predicted molar refractivity (Wildman–Crippen MR) is 77.0 cm³/mol. The van der Waals surface area contributed by atoms with Crippen LogP contribution in [0.15, 0.2) is 12.1 Å². The summed E-state index contributed by atoms with van der Waals surface area (Å²) in [5, 5.41) is 9.91. The molecule has 19 heavy (non-hydrogen) atoms. The Bertz CT molecular complexity index is 445. The number of aliphatic hydroxyl groups is 1. The fourth-order valence-corrected chi connectivity index (χ4v) is 2.90. The first-order valence-electron chi connectivity index (χ1n) is 7.25. The Hall–Kier alpha value is -1.09. The molecule has 2 atom stereocenters. The molecule has 0 bridgehead atoms. The highest BCUT2D eigenvalue weighted by Gasteiger charge is 2.22. The molecule has 0 aromatic heterocycles. The van der Waals surface area contributed by atoms with Gasteiger partial charge in [-0.15, -0.1) is 0 Å². The van der Waals surface area contributed by atoms with E-state index in [0.717, 1.165) is 18.7 Å². The average molecular weight is 265 g/mol. The van der Waals surface area contributed by atoms with Gasteiger partial charge in [0.25, 0.3) is 0 Å². The lowest BCUT2D eigenvalue weighted by atomic mass is 10.0. The summed E-state index contributed by atoms with van der Waals surface area (Å²) in [7, 11) is 0. The average Bonchev–Trinajstić information content (AvgIpc) is 2.56. The number of rotatable bonds is 2. The summed E-state index contributed by atoms with van der Waals surface area (Å²) in [6.45, 7) is 6.70. The zero-order chi connectivity index (χ0) is 14.0. The summed E-state index contributed by atoms with van der Waals surface area (Å²) in [6.07, 6.45) is 4.20. The van der Waals surface area contributed by atoms with E-state index in [0.29, 0.717) is 17.2 Å². The maximum Gasteiger partial charge on any atom is 0.126 e. The van der Waals surface area contributed by atoms with Crippen LogP contribution in [0, 0.1) is 12.7 Å². The molecule has 0 aliphatic carbocycles. The quantitative estimate of drug-likeness (QED) is 0.875. The Kier molecular flexibility index (Phi) is 4.46. The molecular weight excluding hydrogens is 241 g/mol. The first kappa shape index (κ1) is 14.3. The molecule has 1 aliphatic rings. The molecule has 0 saturated carbocycles. The summed E-state index contributed by atoms with van der Waals surface area (Å²) in [6, 6.07) is 3.83. The topological polar surface area (TPSA) is 23.5 Å². The second-order valence-electron chi connectivity index (χ2n) is 5.73. The Labute approximate surface area is 115 Å². The van der Waals surface area contributed by atoms with E-state index in [4.69, 9.17) is 0 Å². The van der Waals surface area contributed by atoms with Crippen LogP contribution in [-0.4, -0.2) is 17.7 Å². The molecule has 1 heterocycles. The van der Waals surface area contributed by atoms with Crippen LogP contribution in [0.25, 0.3) is 0 Å². The molecule has 0 spiro atoms. The molecule has 1 unspecified atom stereocenters. The Morgan fingerprint density at radius 3 is 2.74 bits per heavy atom. The Balaban J connectivity index is 2.43. The molecule has 1 aromatic carbocycles. The molecule has 2 nitrogen and oxygen atoms in total. The number of anilines is 1. The molecule has 0 amide bonds. The van der Waals surface area contributed by atoms with Crippen molar-refractivity contribution >= 4 is 5.69 Å². The lowest BCUT2D eigenvalue weighted by Gasteiger charge is -2.32. The number of aliphatic hydroxyl groups excluding tert-OH is 1. The maximum atomic E-state index is 13.7. The van der Waals surface area contributed by atoms with Crippen molar-refractivity contribution in [1.29, 1.82) is 0 Å². The van der Waals surface area contributed by atoms with Gasteiger partial charge in [0.15, 0.2) is 0 Å². The molecular formula is C16H24FNO. The number of hydrogen-bond acceptors (Lipinski definition) is 2. The third-order valence-corrected chi connectivity index (χ3v) is 4.12. The van der Waals surface area contributed by atoms with Crippen molar-refractivity contribution in [1.82, 2.24) is 0 Å². The Morgan fingerprint density at radius 2 is 2.05 bits per heavy atom. The third-order valence-electron chi connectivity index (χ3n) is 4.12. The zero-order valence-electron chi connectivity index (χ0n) is 12.1. The lowest BCUT2D eigenvalue weighted by Crippen LogP contribution is -2.33. The first-order chi connectivity index (χ1) is 9.00. The molecule has 1 N–H and O–H groups in total. The van der Waals surface area contributed by atoms with E-state index in [2.05, 4.69) is 11.8 Å². The molecule has 2 rings (SSSR count). The van der Waals surface area contributed by atoms with Gasteiger partial charge in [0.2, 0.25) is 0 Å². The van der Waals surface area contributed by atoms with E-state index in [9.17, 15) is 9.50 Å². The zero-order valence-corrected chi connectivity index (χ0v) is 12.1. The summed E-state index contributed by atoms with van der Waals surface area (Å²) in [5.41, 5.74) is 2.36. The Morgan fingerprint density at radius 1 is 1.32 bits per heavy atom. The van der Waals surface area contributed by atoms with Crippen LogP contribution in [0.2, 0.25) is 0 Å². The molecule has 1 aliphatic heterocycles. The number of halogens is 1. The predicted octanol–water partition coefficient (Wildman–Crippen LogP) is 3.96. The van der Waals surface area contributed by atoms with Crippen molar-refractivity contribution in [3.63, 3.8) is 0 Å². The van der Waals surface area contributed by atoms with Gasteiger partial charge in [-0.25, -0.2) is 4.39 Å². The highest BCUT2D eigenvalue weighted by Crippen LogP contribution is 2.32. The van der Waals surface area contributed by atoms with Gasteiger partial charge in [0.1, 0.15) is 5.82 Å². The summed E-state index contributed by atoms with van der Waals surface area (Å²) in [5.74, 6) is -0.234. The van der Waals surface area contributed by atoms with Crippen LogP contribution in [-0.2, 0) is 0 Å². The van der Waals surface area contributed by atoms with Crippen molar-refractivity contribution in [2.75, 3.05) is 11.4 Å². The monoisotopic (exact) mass is 265 g/mol. The van der Waals surface area contributed by atoms with Gasteiger partial charge in [-0.05, 0) is 51.3 Å². The minimum absolute atomic E-state index is 0.234. The third kappa shape index (κ3) is 3.08. The van der Waals surface area contributed by atoms with Crippen molar-refractivity contribution in [2.24, 2.45) is 0 Å². The van der Waals surface area contributed by atoms with Crippen LogP contribution in [0.3, 0.4) is 0 Å². The van der Waals surface area contributed by atoms with Gasteiger partial charge in [-0.2, -0.15) is 0 Å². The van der Waals surface area contributed by atoms with Crippen LogP contribution < -0.4 is 4.90 Å². The SMILES string of the molecule is Cc1cc(N2CCCCCC2C)c([C@H](C)O)cc1F. The minimum atomic E-state index is -0.638. The van der Waals surface area contributed by atoms with Crippen molar-refractivity contribution in [2.45, 2.75) is 58.6 Å².